The van der Waals surface area contributed by atoms with Gasteiger partial charge in [-0.15, -0.1) is 0 Å². The van der Waals surface area contributed by atoms with Crippen molar-refractivity contribution >= 4 is 11.6 Å². The second-order valence-electron chi connectivity index (χ2n) is 4.20. The molecule has 1 heterocycles. The maximum atomic E-state index is 9.62. The van der Waals surface area contributed by atoms with E-state index in [9.17, 15) is 5.11 Å². The number of piperidine rings is 1. The number of hydrogen-bond donors (Lipinski definition) is 2. The Morgan fingerprint density at radius 1 is 1.40 bits per heavy atom. The van der Waals surface area contributed by atoms with Crippen LogP contribution in [0.25, 0.3) is 0 Å². The molecule has 2 rings (SSSR count). The van der Waals surface area contributed by atoms with Crippen LogP contribution in [0.2, 0.25) is 5.02 Å². The second kappa shape index (κ2) is 4.52. The zero-order chi connectivity index (χ0) is 10.7. The molecule has 1 saturated heterocycles. The number of nitrogens with one attached hydrogen (secondary N) is 1. The van der Waals surface area contributed by atoms with Crippen molar-refractivity contribution in [1.29, 1.82) is 0 Å². The molecule has 2 nitrogen and oxygen atoms in total. The smallest absolute Gasteiger partial charge is 0.0540 e. The lowest BCUT2D eigenvalue weighted by Gasteiger charge is -2.37. The van der Waals surface area contributed by atoms with Gasteiger partial charge in [0.05, 0.1) is 6.61 Å². The number of benzene rings is 1. The third-order valence-corrected chi connectivity index (χ3v) is 3.55. The molecule has 82 valence electrons. The zero-order valence-corrected chi connectivity index (χ0v) is 9.43. The average molecular weight is 226 g/mol. The van der Waals surface area contributed by atoms with Gasteiger partial charge in [0.25, 0.3) is 0 Å². The molecular weight excluding hydrogens is 210 g/mol. The maximum absolute atomic E-state index is 9.62. The van der Waals surface area contributed by atoms with Crippen LogP contribution in [0, 0.1) is 0 Å². The van der Waals surface area contributed by atoms with Gasteiger partial charge in [-0.1, -0.05) is 29.8 Å². The largest absolute Gasteiger partial charge is 0.395 e. The van der Waals surface area contributed by atoms with Crippen LogP contribution in [-0.2, 0) is 5.41 Å². The fourth-order valence-electron chi connectivity index (χ4n) is 2.31. The molecular formula is C12H16ClNO. The third-order valence-electron chi connectivity index (χ3n) is 3.22. The summed E-state index contributed by atoms with van der Waals surface area (Å²) in [6.45, 7) is 2.00. The first-order valence-electron chi connectivity index (χ1n) is 5.35. The van der Waals surface area contributed by atoms with Crippen molar-refractivity contribution in [3.05, 3.63) is 34.9 Å². The van der Waals surface area contributed by atoms with Gasteiger partial charge < -0.3 is 10.4 Å². The van der Waals surface area contributed by atoms with Crippen LogP contribution in [-0.4, -0.2) is 24.8 Å². The molecule has 0 aliphatic carbocycles. The molecule has 1 aromatic rings. The van der Waals surface area contributed by atoms with Crippen molar-refractivity contribution in [2.75, 3.05) is 19.7 Å². The molecule has 15 heavy (non-hydrogen) atoms. The van der Waals surface area contributed by atoms with E-state index in [2.05, 4.69) is 5.32 Å². The lowest BCUT2D eigenvalue weighted by Crippen LogP contribution is -2.46. The first kappa shape index (κ1) is 10.9. The summed E-state index contributed by atoms with van der Waals surface area (Å²) < 4.78 is 0. The van der Waals surface area contributed by atoms with Crippen LogP contribution in [0.15, 0.2) is 24.3 Å². The molecule has 3 heteroatoms. The molecule has 0 bridgehead atoms. The molecule has 2 N–H and O–H groups in total. The summed E-state index contributed by atoms with van der Waals surface area (Å²) in [6, 6.07) is 7.81. The Morgan fingerprint density at radius 3 is 2.80 bits per heavy atom. The number of aliphatic hydroxyl groups is 1. The van der Waals surface area contributed by atoms with Crippen LogP contribution in [0.4, 0.5) is 0 Å². The first-order chi connectivity index (χ1) is 7.28. The standard InChI is InChI=1S/C12H16ClNO/c13-11-5-2-1-4-10(11)12(9-15)6-3-7-14-8-12/h1-2,4-5,14-15H,3,6-9H2. The van der Waals surface area contributed by atoms with E-state index in [1.165, 1.54) is 0 Å². The predicted octanol–water partition coefficient (Wildman–Crippen LogP) is 1.95. The molecule has 1 aromatic carbocycles. The van der Waals surface area contributed by atoms with Gasteiger partial charge in [-0.2, -0.15) is 0 Å². The molecule has 1 atom stereocenters. The van der Waals surface area contributed by atoms with E-state index in [0.29, 0.717) is 0 Å². The van der Waals surface area contributed by atoms with Gasteiger partial charge in [-0.25, -0.2) is 0 Å². The Balaban J connectivity index is 2.36. The van der Waals surface area contributed by atoms with Crippen molar-refractivity contribution in [3.8, 4) is 0 Å². The Bertz CT molecular complexity index is 334. The Morgan fingerprint density at radius 2 is 2.20 bits per heavy atom. The Hall–Kier alpha value is -0.570. The molecule has 1 aliphatic rings. The van der Waals surface area contributed by atoms with Gasteiger partial charge in [0, 0.05) is 17.0 Å². The third kappa shape index (κ3) is 2.03. The van der Waals surface area contributed by atoms with Crippen molar-refractivity contribution < 1.29 is 5.11 Å². The molecule has 1 aliphatic heterocycles. The summed E-state index contributed by atoms with van der Waals surface area (Å²) in [6.07, 6.45) is 2.09. The van der Waals surface area contributed by atoms with Crippen molar-refractivity contribution in [1.82, 2.24) is 5.32 Å². The summed E-state index contributed by atoms with van der Waals surface area (Å²) in [4.78, 5) is 0. The van der Waals surface area contributed by atoms with Gasteiger partial charge in [0.1, 0.15) is 0 Å². The van der Waals surface area contributed by atoms with Crippen LogP contribution in [0.5, 0.6) is 0 Å². The lowest BCUT2D eigenvalue weighted by molar-refractivity contribution is 0.162. The molecule has 1 fully saturated rings. The highest BCUT2D eigenvalue weighted by Gasteiger charge is 2.34. The first-order valence-corrected chi connectivity index (χ1v) is 5.73. The minimum atomic E-state index is -0.184. The van der Waals surface area contributed by atoms with Gasteiger partial charge in [0.2, 0.25) is 0 Å². The molecule has 0 saturated carbocycles. The highest BCUT2D eigenvalue weighted by atomic mass is 35.5. The normalized spacial score (nSPS) is 26.5. The molecule has 0 amide bonds. The Kier molecular flexibility index (Phi) is 3.29. The minimum Gasteiger partial charge on any atom is -0.395 e. The second-order valence-corrected chi connectivity index (χ2v) is 4.61. The molecule has 0 spiro atoms. The van der Waals surface area contributed by atoms with Gasteiger partial charge in [0.15, 0.2) is 0 Å². The molecule has 0 aromatic heterocycles. The number of halogens is 1. The molecule has 0 radical (unpaired) electrons. The van der Waals surface area contributed by atoms with Crippen LogP contribution in [0.1, 0.15) is 18.4 Å². The lowest BCUT2D eigenvalue weighted by atomic mass is 9.75. The van der Waals surface area contributed by atoms with E-state index in [-0.39, 0.29) is 12.0 Å². The van der Waals surface area contributed by atoms with Crippen molar-refractivity contribution in [2.45, 2.75) is 18.3 Å². The summed E-state index contributed by atoms with van der Waals surface area (Å²) >= 11 is 6.19. The maximum Gasteiger partial charge on any atom is 0.0540 e. The summed E-state index contributed by atoms with van der Waals surface area (Å²) in [5.74, 6) is 0. The van der Waals surface area contributed by atoms with E-state index in [1.807, 2.05) is 24.3 Å². The zero-order valence-electron chi connectivity index (χ0n) is 8.67. The Labute approximate surface area is 95.3 Å². The SMILES string of the molecule is OCC1(c2ccccc2Cl)CCCNC1. The van der Waals surface area contributed by atoms with Crippen LogP contribution < -0.4 is 5.32 Å². The molecule has 1 unspecified atom stereocenters. The summed E-state index contributed by atoms with van der Waals surface area (Å²) in [5.41, 5.74) is 0.887. The number of hydrogen-bond acceptors (Lipinski definition) is 2. The van der Waals surface area contributed by atoms with E-state index in [1.54, 1.807) is 0 Å². The highest BCUT2D eigenvalue weighted by Crippen LogP contribution is 2.35. The predicted molar refractivity (Wildman–Crippen MR) is 62.3 cm³/mol. The van der Waals surface area contributed by atoms with E-state index < -0.39 is 0 Å². The van der Waals surface area contributed by atoms with Gasteiger partial charge >= 0.3 is 0 Å². The number of aliphatic hydroxyl groups excluding tert-OH is 1. The minimum absolute atomic E-state index is 0.156. The summed E-state index contributed by atoms with van der Waals surface area (Å²) in [7, 11) is 0. The quantitative estimate of drug-likeness (QED) is 0.807. The van der Waals surface area contributed by atoms with Crippen molar-refractivity contribution in [2.24, 2.45) is 0 Å². The summed E-state index contributed by atoms with van der Waals surface area (Å²) in [5, 5.41) is 13.7. The fraction of sp³-hybridized carbons (Fsp3) is 0.500. The van der Waals surface area contributed by atoms with Crippen LogP contribution >= 0.6 is 11.6 Å². The van der Waals surface area contributed by atoms with Gasteiger partial charge in [-0.05, 0) is 31.0 Å². The van der Waals surface area contributed by atoms with E-state index in [4.69, 9.17) is 11.6 Å². The monoisotopic (exact) mass is 225 g/mol. The van der Waals surface area contributed by atoms with Crippen LogP contribution in [0.3, 0.4) is 0 Å². The van der Waals surface area contributed by atoms with Gasteiger partial charge in [-0.3, -0.25) is 0 Å². The fourth-order valence-corrected chi connectivity index (χ4v) is 2.65. The van der Waals surface area contributed by atoms with E-state index in [0.717, 1.165) is 36.5 Å². The average Bonchev–Trinajstić information content (AvgIpc) is 2.30. The van der Waals surface area contributed by atoms with Crippen molar-refractivity contribution in [3.63, 3.8) is 0 Å². The highest BCUT2D eigenvalue weighted by molar-refractivity contribution is 6.31. The number of rotatable bonds is 2. The van der Waals surface area contributed by atoms with E-state index >= 15 is 0 Å². The topological polar surface area (TPSA) is 32.3 Å².